The molecule has 1 atom stereocenters. The van der Waals surface area contributed by atoms with Gasteiger partial charge < -0.3 is 14.9 Å². The molecule has 1 aliphatic heterocycles. The van der Waals surface area contributed by atoms with Crippen molar-refractivity contribution in [3.05, 3.63) is 29.8 Å². The number of likely N-dealkylation sites (tertiary alicyclic amines) is 1. The Hall–Kier alpha value is -1.48. The summed E-state index contributed by atoms with van der Waals surface area (Å²) in [4.78, 5) is 16.8. The zero-order valence-electron chi connectivity index (χ0n) is 19.1. The molecule has 1 unspecified atom stereocenters. The lowest BCUT2D eigenvalue weighted by atomic mass is 10.1. The molecule has 7 nitrogen and oxygen atoms in total. The minimum atomic E-state index is -3.57. The van der Waals surface area contributed by atoms with Crippen LogP contribution in [0.15, 0.2) is 29.2 Å². The number of unbranched alkanes of at least 4 members (excludes halogenated alkanes) is 1. The summed E-state index contributed by atoms with van der Waals surface area (Å²) in [5.41, 5.74) is 1.10. The number of aliphatic hydroxyl groups is 1. The van der Waals surface area contributed by atoms with Crippen molar-refractivity contribution in [1.82, 2.24) is 14.5 Å². The molecule has 1 fully saturated rings. The fraction of sp³-hybridized carbons (Fsp3) is 0.696. The average molecular weight is 454 g/mol. The summed E-state index contributed by atoms with van der Waals surface area (Å²) >= 11 is 0. The van der Waals surface area contributed by atoms with Gasteiger partial charge in [-0.05, 0) is 69.8 Å². The lowest BCUT2D eigenvalue weighted by Crippen LogP contribution is -2.36. The standard InChI is InChI=1S/C23H39N3O4S/c1-3-25(15-7-8-17-26-16-6-4-5-9-23(26)28)20(2)19-21-10-12-22(13-11-21)31(29,30)24-14-18-27/h10-13,20,24,27H,3-9,14-19H2,1-2H3. The Balaban J connectivity index is 1.80. The molecule has 1 saturated heterocycles. The Morgan fingerprint density at radius 2 is 1.90 bits per heavy atom. The van der Waals surface area contributed by atoms with Crippen LogP contribution in [-0.4, -0.2) is 74.6 Å². The van der Waals surface area contributed by atoms with Crippen LogP contribution in [0.4, 0.5) is 0 Å². The van der Waals surface area contributed by atoms with Crippen LogP contribution in [0.2, 0.25) is 0 Å². The molecule has 0 aromatic heterocycles. The molecule has 1 amide bonds. The van der Waals surface area contributed by atoms with E-state index in [0.717, 1.165) is 70.3 Å². The second kappa shape index (κ2) is 13.2. The second-order valence-electron chi connectivity index (χ2n) is 8.35. The predicted octanol–water partition coefficient (Wildman–Crippen LogP) is 2.39. The van der Waals surface area contributed by atoms with Crippen LogP contribution in [0.1, 0.15) is 57.9 Å². The first-order valence-electron chi connectivity index (χ1n) is 11.6. The van der Waals surface area contributed by atoms with E-state index in [2.05, 4.69) is 23.5 Å². The van der Waals surface area contributed by atoms with E-state index in [9.17, 15) is 13.2 Å². The minimum Gasteiger partial charge on any atom is -0.395 e. The summed E-state index contributed by atoms with van der Waals surface area (Å²) in [7, 11) is -3.57. The highest BCUT2D eigenvalue weighted by Crippen LogP contribution is 2.15. The number of benzene rings is 1. The molecule has 0 bridgehead atoms. The number of aliphatic hydroxyl groups excluding tert-OH is 1. The minimum absolute atomic E-state index is 0.0124. The largest absolute Gasteiger partial charge is 0.395 e. The van der Waals surface area contributed by atoms with E-state index < -0.39 is 10.0 Å². The van der Waals surface area contributed by atoms with E-state index >= 15 is 0 Å². The Morgan fingerprint density at radius 3 is 2.58 bits per heavy atom. The Morgan fingerprint density at radius 1 is 1.16 bits per heavy atom. The normalized spacial score (nSPS) is 16.5. The molecular formula is C23H39N3O4S. The van der Waals surface area contributed by atoms with Gasteiger partial charge in [-0.1, -0.05) is 25.5 Å². The zero-order chi connectivity index (χ0) is 22.7. The van der Waals surface area contributed by atoms with Crippen LogP contribution in [-0.2, 0) is 21.2 Å². The van der Waals surface area contributed by atoms with E-state index in [4.69, 9.17) is 5.11 Å². The highest BCUT2D eigenvalue weighted by atomic mass is 32.2. The Bertz CT molecular complexity index is 768. The molecule has 0 spiro atoms. The van der Waals surface area contributed by atoms with Gasteiger partial charge in [0.05, 0.1) is 11.5 Å². The van der Waals surface area contributed by atoms with Crippen molar-refractivity contribution < 1.29 is 18.3 Å². The van der Waals surface area contributed by atoms with Gasteiger partial charge in [0, 0.05) is 32.1 Å². The molecule has 1 aromatic rings. The smallest absolute Gasteiger partial charge is 0.240 e. The number of rotatable bonds is 13. The van der Waals surface area contributed by atoms with Crippen LogP contribution in [0, 0.1) is 0 Å². The molecule has 1 heterocycles. The van der Waals surface area contributed by atoms with Crippen molar-refractivity contribution in [1.29, 1.82) is 0 Å². The summed E-state index contributed by atoms with van der Waals surface area (Å²) in [6.07, 6.45) is 6.97. The number of nitrogens with zero attached hydrogens (tertiary/aromatic N) is 2. The summed E-state index contributed by atoms with van der Waals surface area (Å²) in [6.45, 7) is 7.89. The maximum absolute atomic E-state index is 12.1. The predicted molar refractivity (Wildman–Crippen MR) is 123 cm³/mol. The van der Waals surface area contributed by atoms with E-state index in [1.165, 1.54) is 0 Å². The monoisotopic (exact) mass is 453 g/mol. The number of hydrogen-bond acceptors (Lipinski definition) is 5. The van der Waals surface area contributed by atoms with Crippen LogP contribution < -0.4 is 4.72 Å². The Kier molecular flexibility index (Phi) is 10.9. The fourth-order valence-corrected chi connectivity index (χ4v) is 5.14. The van der Waals surface area contributed by atoms with E-state index in [1.54, 1.807) is 12.1 Å². The van der Waals surface area contributed by atoms with E-state index in [0.29, 0.717) is 18.4 Å². The van der Waals surface area contributed by atoms with Gasteiger partial charge in [0.15, 0.2) is 0 Å². The van der Waals surface area contributed by atoms with Gasteiger partial charge in [-0.2, -0.15) is 0 Å². The number of hydrogen-bond donors (Lipinski definition) is 2. The molecule has 1 aromatic carbocycles. The first kappa shape index (κ1) is 25.8. The van der Waals surface area contributed by atoms with Gasteiger partial charge in [0.1, 0.15) is 0 Å². The molecule has 2 N–H and O–H groups in total. The average Bonchev–Trinajstić information content (AvgIpc) is 2.96. The molecular weight excluding hydrogens is 414 g/mol. The van der Waals surface area contributed by atoms with Crippen LogP contribution >= 0.6 is 0 Å². The van der Waals surface area contributed by atoms with Crippen molar-refractivity contribution >= 4 is 15.9 Å². The zero-order valence-corrected chi connectivity index (χ0v) is 19.9. The lowest BCUT2D eigenvalue weighted by Gasteiger charge is -2.28. The third kappa shape index (κ3) is 8.52. The molecule has 0 aliphatic carbocycles. The summed E-state index contributed by atoms with van der Waals surface area (Å²) < 4.78 is 26.6. The van der Waals surface area contributed by atoms with Crippen molar-refractivity contribution in [3.8, 4) is 0 Å². The molecule has 1 aliphatic rings. The lowest BCUT2D eigenvalue weighted by molar-refractivity contribution is -0.130. The number of carbonyl (C=O) groups is 1. The van der Waals surface area contributed by atoms with Gasteiger partial charge >= 0.3 is 0 Å². The number of sulfonamides is 1. The van der Waals surface area contributed by atoms with Crippen LogP contribution in [0.5, 0.6) is 0 Å². The summed E-state index contributed by atoms with van der Waals surface area (Å²) in [5, 5.41) is 8.81. The topological polar surface area (TPSA) is 90.0 Å². The van der Waals surface area contributed by atoms with Crippen molar-refractivity contribution in [2.75, 3.05) is 39.3 Å². The van der Waals surface area contributed by atoms with Crippen molar-refractivity contribution in [2.45, 2.75) is 69.7 Å². The second-order valence-corrected chi connectivity index (χ2v) is 10.1. The fourth-order valence-electron chi connectivity index (χ4n) is 4.12. The van der Waals surface area contributed by atoms with Gasteiger partial charge in [-0.15, -0.1) is 0 Å². The van der Waals surface area contributed by atoms with Gasteiger partial charge in [0.25, 0.3) is 0 Å². The molecule has 176 valence electrons. The highest BCUT2D eigenvalue weighted by Gasteiger charge is 2.17. The molecule has 0 radical (unpaired) electrons. The Labute approximate surface area is 187 Å². The quantitative estimate of drug-likeness (QED) is 0.448. The van der Waals surface area contributed by atoms with E-state index in [-0.39, 0.29) is 18.0 Å². The number of likely N-dealkylation sites (N-methyl/N-ethyl adjacent to an activating group) is 1. The number of nitrogens with one attached hydrogen (secondary N) is 1. The number of carbonyl (C=O) groups excluding carboxylic acids is 1. The first-order valence-corrected chi connectivity index (χ1v) is 13.1. The third-order valence-corrected chi connectivity index (χ3v) is 7.47. The summed E-state index contributed by atoms with van der Waals surface area (Å²) in [5.74, 6) is 0.315. The summed E-state index contributed by atoms with van der Waals surface area (Å²) in [6, 6.07) is 7.32. The van der Waals surface area contributed by atoms with Gasteiger partial charge in [-0.25, -0.2) is 13.1 Å². The molecule has 31 heavy (non-hydrogen) atoms. The SMILES string of the molecule is CCN(CCCCN1CCCCCC1=O)C(C)Cc1ccc(S(=O)(=O)NCCO)cc1. The molecule has 8 heteroatoms. The maximum atomic E-state index is 12.1. The van der Waals surface area contributed by atoms with Crippen LogP contribution in [0.3, 0.4) is 0 Å². The number of amides is 1. The maximum Gasteiger partial charge on any atom is 0.240 e. The first-order chi connectivity index (χ1) is 14.9. The van der Waals surface area contributed by atoms with Crippen LogP contribution in [0.25, 0.3) is 0 Å². The molecule has 2 rings (SSSR count). The van der Waals surface area contributed by atoms with Gasteiger partial charge in [-0.3, -0.25) is 4.79 Å². The van der Waals surface area contributed by atoms with E-state index in [1.807, 2.05) is 17.0 Å². The third-order valence-electron chi connectivity index (χ3n) is 5.99. The highest BCUT2D eigenvalue weighted by molar-refractivity contribution is 7.89. The van der Waals surface area contributed by atoms with Gasteiger partial charge in [0.2, 0.25) is 15.9 Å². The van der Waals surface area contributed by atoms with Crippen molar-refractivity contribution in [2.24, 2.45) is 0 Å². The molecule has 0 saturated carbocycles. The van der Waals surface area contributed by atoms with Crippen molar-refractivity contribution in [3.63, 3.8) is 0 Å².